The maximum atomic E-state index is 13.0. The predicted octanol–water partition coefficient (Wildman–Crippen LogP) is 5.19. The van der Waals surface area contributed by atoms with E-state index in [4.69, 9.17) is 4.74 Å². The first-order valence-corrected chi connectivity index (χ1v) is 10.8. The van der Waals surface area contributed by atoms with Crippen LogP contribution < -0.4 is 9.47 Å². The molecule has 1 unspecified atom stereocenters. The summed E-state index contributed by atoms with van der Waals surface area (Å²) in [6.07, 6.45) is 4.10. The molecule has 0 bridgehead atoms. The average Bonchev–Trinajstić information content (AvgIpc) is 3.44. The van der Waals surface area contributed by atoms with Crippen molar-refractivity contribution in [3.8, 4) is 11.5 Å². The van der Waals surface area contributed by atoms with Crippen molar-refractivity contribution in [2.45, 2.75) is 25.5 Å². The Morgan fingerprint density at radius 1 is 1.33 bits per heavy atom. The number of ether oxygens (including phenoxy) is 2. The van der Waals surface area contributed by atoms with Gasteiger partial charge in [0, 0.05) is 12.6 Å². The first kappa shape index (κ1) is 22.6. The fourth-order valence-electron chi connectivity index (χ4n) is 3.78. The zero-order valence-electron chi connectivity index (χ0n) is 17.4. The molecule has 2 heterocycles. The Morgan fingerprint density at radius 3 is 2.82 bits per heavy atom. The van der Waals surface area contributed by atoms with Gasteiger partial charge in [-0.25, -0.2) is 4.98 Å². The van der Waals surface area contributed by atoms with Crippen LogP contribution in [0.1, 0.15) is 29.5 Å². The summed E-state index contributed by atoms with van der Waals surface area (Å²) >= 11 is 1.54. The Bertz CT molecular complexity index is 1200. The number of carbonyl (C=O) groups excluding carboxylic acids is 1. The minimum Gasteiger partial charge on any atom is -0.493 e. The van der Waals surface area contributed by atoms with E-state index in [9.17, 15) is 23.7 Å². The number of halogens is 2. The molecular weight excluding hydrogens is 456 g/mol. The average molecular weight is 475 g/mol. The summed E-state index contributed by atoms with van der Waals surface area (Å²) in [5.41, 5.74) is 0.420. The largest absolute Gasteiger partial charge is 0.493 e. The minimum absolute atomic E-state index is 0.0301. The summed E-state index contributed by atoms with van der Waals surface area (Å²) in [6, 6.07) is 9.61. The SMILES string of the molecule is COc1cc(/C=C/C(=O)N2CCCC2c2nc3ccccc3s2)c([N+](=O)[O-])cc1OC(F)F. The highest BCUT2D eigenvalue weighted by atomic mass is 32.1. The predicted molar refractivity (Wildman–Crippen MR) is 119 cm³/mol. The number of likely N-dealkylation sites (tertiary alicyclic amines) is 1. The lowest BCUT2D eigenvalue weighted by Gasteiger charge is -2.21. The number of amides is 1. The van der Waals surface area contributed by atoms with Gasteiger partial charge in [0.25, 0.3) is 5.69 Å². The summed E-state index contributed by atoms with van der Waals surface area (Å²) in [5, 5.41) is 12.3. The number of fused-ring (bicyclic) bond motifs is 1. The van der Waals surface area contributed by atoms with Gasteiger partial charge in [-0.3, -0.25) is 14.9 Å². The molecule has 1 aliphatic rings. The van der Waals surface area contributed by atoms with Gasteiger partial charge in [-0.05, 0) is 37.1 Å². The number of hydrogen-bond donors (Lipinski definition) is 0. The third kappa shape index (κ3) is 4.77. The van der Waals surface area contributed by atoms with E-state index in [1.807, 2.05) is 24.3 Å². The molecule has 8 nitrogen and oxygen atoms in total. The van der Waals surface area contributed by atoms with Crippen LogP contribution in [0.5, 0.6) is 11.5 Å². The topological polar surface area (TPSA) is 94.8 Å². The maximum absolute atomic E-state index is 13.0. The summed E-state index contributed by atoms with van der Waals surface area (Å²) in [4.78, 5) is 30.0. The van der Waals surface area contributed by atoms with E-state index in [2.05, 4.69) is 9.72 Å². The highest BCUT2D eigenvalue weighted by Gasteiger charge is 2.31. The standard InChI is InChI=1S/C22H19F2N3O5S/c1-31-17-11-13(16(27(29)30)12-18(17)32-22(23)24)8-9-20(28)26-10-4-6-15(26)21-25-14-5-2-3-7-19(14)33-21/h2-3,5,7-9,11-12,15,22H,4,6,10H2,1H3/b9-8+. The number of nitrogens with zero attached hydrogens (tertiary/aromatic N) is 3. The summed E-state index contributed by atoms with van der Waals surface area (Å²) < 4.78 is 35.6. The molecule has 2 aromatic carbocycles. The Hall–Kier alpha value is -3.60. The minimum atomic E-state index is -3.17. The van der Waals surface area contributed by atoms with Gasteiger partial charge in [0.2, 0.25) is 5.91 Å². The summed E-state index contributed by atoms with van der Waals surface area (Å²) in [5.74, 6) is -0.891. The molecule has 1 aliphatic heterocycles. The van der Waals surface area contributed by atoms with E-state index in [1.165, 1.54) is 36.7 Å². The van der Waals surface area contributed by atoms with Crippen LogP contribution in [0.2, 0.25) is 0 Å². The highest BCUT2D eigenvalue weighted by molar-refractivity contribution is 7.18. The lowest BCUT2D eigenvalue weighted by Crippen LogP contribution is -2.28. The van der Waals surface area contributed by atoms with Gasteiger partial charge in [0.05, 0.1) is 39.9 Å². The number of rotatable bonds is 7. The summed E-state index contributed by atoms with van der Waals surface area (Å²) in [7, 11) is 1.23. The number of thiazole rings is 1. The van der Waals surface area contributed by atoms with Crippen LogP contribution >= 0.6 is 11.3 Å². The normalized spacial score (nSPS) is 16.1. The first-order valence-electron chi connectivity index (χ1n) is 10.0. The van der Waals surface area contributed by atoms with Crippen molar-refractivity contribution >= 4 is 39.2 Å². The number of alkyl halides is 2. The van der Waals surface area contributed by atoms with E-state index in [0.717, 1.165) is 34.1 Å². The Morgan fingerprint density at radius 2 is 2.12 bits per heavy atom. The third-order valence-corrected chi connectivity index (χ3v) is 6.40. The molecular formula is C22H19F2N3O5S. The van der Waals surface area contributed by atoms with Crippen LogP contribution in [0, 0.1) is 10.1 Å². The van der Waals surface area contributed by atoms with Crippen molar-refractivity contribution in [3.05, 3.63) is 63.2 Å². The van der Waals surface area contributed by atoms with Crippen LogP contribution in [0.3, 0.4) is 0 Å². The number of nitro benzene ring substituents is 1. The van der Waals surface area contributed by atoms with Crippen molar-refractivity contribution in [1.29, 1.82) is 0 Å². The van der Waals surface area contributed by atoms with Crippen molar-refractivity contribution < 1.29 is 28.0 Å². The highest BCUT2D eigenvalue weighted by Crippen LogP contribution is 2.38. The van der Waals surface area contributed by atoms with Crippen LogP contribution in [0.15, 0.2) is 42.5 Å². The number of para-hydroxylation sites is 1. The van der Waals surface area contributed by atoms with E-state index in [-0.39, 0.29) is 23.3 Å². The molecule has 3 aromatic rings. The number of hydrogen-bond acceptors (Lipinski definition) is 7. The molecule has 172 valence electrons. The lowest BCUT2D eigenvalue weighted by molar-refractivity contribution is -0.385. The fraction of sp³-hybridized carbons (Fsp3) is 0.273. The molecule has 1 fully saturated rings. The molecule has 11 heteroatoms. The molecule has 0 radical (unpaired) electrons. The quantitative estimate of drug-likeness (QED) is 0.265. The molecule has 1 atom stereocenters. The van der Waals surface area contributed by atoms with E-state index in [1.54, 1.807) is 4.90 Å². The number of aromatic nitrogens is 1. The monoisotopic (exact) mass is 475 g/mol. The zero-order chi connectivity index (χ0) is 23.5. The van der Waals surface area contributed by atoms with Crippen LogP contribution in [-0.4, -0.2) is 41.0 Å². The van der Waals surface area contributed by atoms with Gasteiger partial charge in [0.15, 0.2) is 11.5 Å². The molecule has 0 N–H and O–H groups in total. The number of nitro groups is 1. The van der Waals surface area contributed by atoms with Crippen LogP contribution in [0.25, 0.3) is 16.3 Å². The molecule has 0 spiro atoms. The van der Waals surface area contributed by atoms with Crippen LogP contribution in [0.4, 0.5) is 14.5 Å². The molecule has 33 heavy (non-hydrogen) atoms. The van der Waals surface area contributed by atoms with Gasteiger partial charge in [-0.15, -0.1) is 11.3 Å². The van der Waals surface area contributed by atoms with Crippen molar-refractivity contribution in [3.63, 3.8) is 0 Å². The van der Waals surface area contributed by atoms with Gasteiger partial charge in [0.1, 0.15) is 5.01 Å². The molecule has 0 aliphatic carbocycles. The van der Waals surface area contributed by atoms with Gasteiger partial charge < -0.3 is 14.4 Å². The second-order valence-corrected chi connectivity index (χ2v) is 8.30. The number of methoxy groups -OCH3 is 1. The molecule has 1 saturated heterocycles. The Balaban J connectivity index is 1.60. The zero-order valence-corrected chi connectivity index (χ0v) is 18.3. The van der Waals surface area contributed by atoms with Gasteiger partial charge >= 0.3 is 6.61 Å². The van der Waals surface area contributed by atoms with Gasteiger partial charge in [-0.1, -0.05) is 12.1 Å². The van der Waals surface area contributed by atoms with E-state index < -0.39 is 23.0 Å². The second kappa shape index (κ2) is 9.49. The third-order valence-electron chi connectivity index (χ3n) is 5.26. The van der Waals surface area contributed by atoms with Crippen molar-refractivity contribution in [2.24, 2.45) is 0 Å². The van der Waals surface area contributed by atoms with Crippen LogP contribution in [-0.2, 0) is 4.79 Å². The molecule has 4 rings (SSSR count). The van der Waals surface area contributed by atoms with E-state index >= 15 is 0 Å². The molecule has 0 saturated carbocycles. The van der Waals surface area contributed by atoms with Crippen molar-refractivity contribution in [1.82, 2.24) is 9.88 Å². The second-order valence-electron chi connectivity index (χ2n) is 7.24. The Kier molecular flexibility index (Phi) is 6.50. The number of benzene rings is 2. The smallest absolute Gasteiger partial charge is 0.387 e. The first-order chi connectivity index (χ1) is 15.9. The molecule has 1 amide bonds. The number of carbonyl (C=O) groups is 1. The summed E-state index contributed by atoms with van der Waals surface area (Å²) in [6.45, 7) is -2.63. The van der Waals surface area contributed by atoms with E-state index in [0.29, 0.717) is 6.54 Å². The lowest BCUT2D eigenvalue weighted by atomic mass is 10.1. The Labute approximate surface area is 191 Å². The molecule has 1 aromatic heterocycles. The van der Waals surface area contributed by atoms with Crippen molar-refractivity contribution in [2.75, 3.05) is 13.7 Å². The maximum Gasteiger partial charge on any atom is 0.387 e. The van der Waals surface area contributed by atoms with Gasteiger partial charge in [-0.2, -0.15) is 8.78 Å². The fourth-order valence-corrected chi connectivity index (χ4v) is 4.90.